The van der Waals surface area contributed by atoms with E-state index in [4.69, 9.17) is 4.84 Å². The Labute approximate surface area is 135 Å². The number of halogens is 1. The van der Waals surface area contributed by atoms with Crippen molar-refractivity contribution in [3.8, 4) is 0 Å². The molecule has 2 heterocycles. The molecule has 6 heteroatoms. The lowest BCUT2D eigenvalue weighted by Gasteiger charge is -2.35. The predicted molar refractivity (Wildman–Crippen MR) is 81.4 cm³/mol. The molecule has 2 aliphatic rings. The highest BCUT2D eigenvalue weighted by Crippen LogP contribution is 2.23. The highest BCUT2D eigenvalue weighted by molar-refractivity contribution is 5.83. The summed E-state index contributed by atoms with van der Waals surface area (Å²) in [4.78, 5) is 31.7. The summed E-state index contributed by atoms with van der Waals surface area (Å²) in [6, 6.07) is 6.22. The van der Waals surface area contributed by atoms with Gasteiger partial charge in [0.1, 0.15) is 5.82 Å². The van der Waals surface area contributed by atoms with E-state index in [0.29, 0.717) is 39.1 Å². The zero-order chi connectivity index (χ0) is 16.2. The Hall–Kier alpha value is -1.95. The Morgan fingerprint density at radius 1 is 1.35 bits per heavy atom. The molecule has 1 aromatic carbocycles. The highest BCUT2D eigenvalue weighted by atomic mass is 19.1. The first-order valence-electron chi connectivity index (χ1n) is 8.10. The van der Waals surface area contributed by atoms with Gasteiger partial charge in [0.2, 0.25) is 5.91 Å². The third-order valence-electron chi connectivity index (χ3n) is 4.36. The number of benzene rings is 1. The summed E-state index contributed by atoms with van der Waals surface area (Å²) in [6.45, 7) is 1.90. The van der Waals surface area contributed by atoms with Crippen molar-refractivity contribution in [2.45, 2.75) is 32.2 Å². The van der Waals surface area contributed by atoms with Crippen LogP contribution in [0.1, 0.15) is 31.2 Å². The average molecular weight is 320 g/mol. The number of rotatable bonds is 3. The van der Waals surface area contributed by atoms with Crippen LogP contribution >= 0.6 is 0 Å². The number of hydroxylamine groups is 2. The van der Waals surface area contributed by atoms with Gasteiger partial charge in [0.05, 0.1) is 12.5 Å². The molecule has 0 aliphatic carbocycles. The second-order valence-electron chi connectivity index (χ2n) is 6.12. The fourth-order valence-electron chi connectivity index (χ4n) is 3.10. The molecule has 0 bridgehead atoms. The highest BCUT2D eigenvalue weighted by Gasteiger charge is 2.33. The largest absolute Gasteiger partial charge is 0.338 e. The van der Waals surface area contributed by atoms with E-state index in [1.54, 1.807) is 17.0 Å². The molecule has 2 fully saturated rings. The Morgan fingerprint density at radius 2 is 2.22 bits per heavy atom. The van der Waals surface area contributed by atoms with E-state index in [9.17, 15) is 14.0 Å². The van der Waals surface area contributed by atoms with E-state index in [1.165, 1.54) is 17.2 Å². The lowest BCUT2D eigenvalue weighted by atomic mass is 9.95. The van der Waals surface area contributed by atoms with Crippen LogP contribution in [0, 0.1) is 11.7 Å². The molecule has 0 spiro atoms. The number of piperidine rings is 1. The number of hydrogen-bond donors (Lipinski definition) is 0. The van der Waals surface area contributed by atoms with Crippen LogP contribution in [0.5, 0.6) is 0 Å². The van der Waals surface area contributed by atoms with E-state index in [0.717, 1.165) is 18.4 Å². The summed E-state index contributed by atoms with van der Waals surface area (Å²) in [5.41, 5.74) is 0.737. The standard InChI is InChI=1S/C17H21FN2O3/c18-15-5-3-4-13(10-15)11-19-12-14(6-7-16(19)21)17(22)20-8-1-2-9-23-20/h3-5,10,14H,1-2,6-9,11-12H2. The molecule has 23 heavy (non-hydrogen) atoms. The molecular formula is C17H21FN2O3. The first-order valence-corrected chi connectivity index (χ1v) is 8.10. The van der Waals surface area contributed by atoms with Gasteiger partial charge in [-0.05, 0) is 37.0 Å². The van der Waals surface area contributed by atoms with Crippen molar-refractivity contribution < 1.29 is 18.8 Å². The Bertz CT molecular complexity index is 587. The summed E-state index contributed by atoms with van der Waals surface area (Å²) in [5.74, 6) is -0.583. The molecule has 1 atom stereocenters. The van der Waals surface area contributed by atoms with Gasteiger partial charge in [-0.1, -0.05) is 12.1 Å². The minimum Gasteiger partial charge on any atom is -0.338 e. The van der Waals surface area contributed by atoms with E-state index >= 15 is 0 Å². The van der Waals surface area contributed by atoms with Gasteiger partial charge < -0.3 is 4.90 Å². The van der Waals surface area contributed by atoms with Crippen LogP contribution in [0.3, 0.4) is 0 Å². The molecule has 5 nitrogen and oxygen atoms in total. The summed E-state index contributed by atoms with van der Waals surface area (Å²) in [6.07, 6.45) is 2.82. The van der Waals surface area contributed by atoms with Crippen LogP contribution in [0.4, 0.5) is 4.39 Å². The van der Waals surface area contributed by atoms with Gasteiger partial charge in [-0.25, -0.2) is 9.45 Å². The third kappa shape index (κ3) is 3.88. The minimum absolute atomic E-state index is 0.0119. The van der Waals surface area contributed by atoms with E-state index in [1.807, 2.05) is 0 Å². The quantitative estimate of drug-likeness (QED) is 0.857. The number of amides is 2. The summed E-state index contributed by atoms with van der Waals surface area (Å²) < 4.78 is 13.3. The SMILES string of the molecule is O=C1CCC(C(=O)N2CCCCO2)CN1Cc1cccc(F)c1. The van der Waals surface area contributed by atoms with Gasteiger partial charge in [-0.2, -0.15) is 0 Å². The summed E-state index contributed by atoms with van der Waals surface area (Å²) in [5, 5.41) is 1.45. The first kappa shape index (κ1) is 15.9. The molecule has 1 unspecified atom stereocenters. The van der Waals surface area contributed by atoms with Crippen LogP contribution < -0.4 is 0 Å². The maximum Gasteiger partial charge on any atom is 0.251 e. The van der Waals surface area contributed by atoms with Crippen molar-refractivity contribution in [3.05, 3.63) is 35.6 Å². The van der Waals surface area contributed by atoms with Gasteiger partial charge in [-0.3, -0.25) is 14.4 Å². The maximum absolute atomic E-state index is 13.3. The normalized spacial score (nSPS) is 22.3. The number of carbonyl (C=O) groups is 2. The smallest absolute Gasteiger partial charge is 0.251 e. The average Bonchev–Trinajstić information content (AvgIpc) is 2.57. The van der Waals surface area contributed by atoms with Crippen molar-refractivity contribution in [1.29, 1.82) is 0 Å². The molecule has 1 aromatic rings. The molecule has 0 aromatic heterocycles. The van der Waals surface area contributed by atoms with Crippen molar-refractivity contribution in [2.75, 3.05) is 19.7 Å². The number of nitrogens with zero attached hydrogens (tertiary/aromatic N) is 2. The minimum atomic E-state index is -0.318. The van der Waals surface area contributed by atoms with Crippen LogP contribution in [-0.2, 0) is 21.0 Å². The Kier molecular flexibility index (Phi) is 4.91. The van der Waals surface area contributed by atoms with Crippen molar-refractivity contribution >= 4 is 11.8 Å². The van der Waals surface area contributed by atoms with Gasteiger partial charge in [0, 0.05) is 26.1 Å². The van der Waals surface area contributed by atoms with Crippen molar-refractivity contribution in [1.82, 2.24) is 9.96 Å². The fourth-order valence-corrected chi connectivity index (χ4v) is 3.10. The van der Waals surface area contributed by atoms with E-state index in [-0.39, 0.29) is 23.5 Å². The van der Waals surface area contributed by atoms with Crippen LogP contribution in [-0.4, -0.2) is 41.5 Å². The Balaban J connectivity index is 1.64. The first-order chi connectivity index (χ1) is 11.1. The van der Waals surface area contributed by atoms with Gasteiger partial charge in [-0.15, -0.1) is 0 Å². The molecule has 124 valence electrons. The van der Waals surface area contributed by atoms with Crippen LogP contribution in [0.25, 0.3) is 0 Å². The number of likely N-dealkylation sites (tertiary alicyclic amines) is 1. The number of carbonyl (C=O) groups excluding carboxylic acids is 2. The van der Waals surface area contributed by atoms with E-state index in [2.05, 4.69) is 0 Å². The molecule has 2 amide bonds. The van der Waals surface area contributed by atoms with E-state index < -0.39 is 0 Å². The second kappa shape index (κ2) is 7.08. The van der Waals surface area contributed by atoms with Gasteiger partial charge >= 0.3 is 0 Å². The van der Waals surface area contributed by atoms with Gasteiger partial charge in [0.25, 0.3) is 5.91 Å². The molecule has 0 radical (unpaired) electrons. The second-order valence-corrected chi connectivity index (χ2v) is 6.12. The predicted octanol–water partition coefficient (Wildman–Crippen LogP) is 2.12. The molecule has 3 rings (SSSR count). The topological polar surface area (TPSA) is 49.9 Å². The van der Waals surface area contributed by atoms with Crippen LogP contribution in [0.15, 0.2) is 24.3 Å². The molecular weight excluding hydrogens is 299 g/mol. The summed E-state index contributed by atoms with van der Waals surface area (Å²) in [7, 11) is 0. The molecule has 0 saturated carbocycles. The zero-order valence-electron chi connectivity index (χ0n) is 13.0. The fraction of sp³-hybridized carbons (Fsp3) is 0.529. The maximum atomic E-state index is 13.3. The Morgan fingerprint density at radius 3 is 2.96 bits per heavy atom. The van der Waals surface area contributed by atoms with Gasteiger partial charge in [0.15, 0.2) is 0 Å². The van der Waals surface area contributed by atoms with Crippen molar-refractivity contribution in [3.63, 3.8) is 0 Å². The molecule has 2 saturated heterocycles. The zero-order valence-corrected chi connectivity index (χ0v) is 13.0. The third-order valence-corrected chi connectivity index (χ3v) is 4.36. The number of hydrogen-bond acceptors (Lipinski definition) is 3. The molecule has 2 aliphatic heterocycles. The lowest BCUT2D eigenvalue weighted by Crippen LogP contribution is -2.47. The lowest BCUT2D eigenvalue weighted by molar-refractivity contribution is -0.202. The monoisotopic (exact) mass is 320 g/mol. The summed E-state index contributed by atoms with van der Waals surface area (Å²) >= 11 is 0. The van der Waals surface area contributed by atoms with Crippen LogP contribution in [0.2, 0.25) is 0 Å². The van der Waals surface area contributed by atoms with Crippen molar-refractivity contribution in [2.24, 2.45) is 5.92 Å². The molecule has 0 N–H and O–H groups in total.